The van der Waals surface area contributed by atoms with Gasteiger partial charge in [-0.3, -0.25) is 0 Å². The maximum atomic E-state index is 12.3. The second kappa shape index (κ2) is 14.6. The van der Waals surface area contributed by atoms with Crippen LogP contribution in [-0.4, -0.2) is 62.7 Å². The van der Waals surface area contributed by atoms with Gasteiger partial charge in [0.25, 0.3) is 0 Å². The lowest BCUT2D eigenvalue weighted by Gasteiger charge is -2.36. The summed E-state index contributed by atoms with van der Waals surface area (Å²) in [5, 5.41) is 20.5. The molecule has 1 aliphatic rings. The van der Waals surface area contributed by atoms with Gasteiger partial charge in [0.1, 0.15) is 52.0 Å². The SMILES string of the molecule is CC(C)(C)OC(=O)N1CCN(c2ccc(C#N)c(Oc3cnc4[nH]ccc4c3)c2)CC1.N#Cc1ccc(Br)cc1Oc1cnc2[nH]ccc2c1.[HH].[HH]. The van der Waals surface area contributed by atoms with E-state index in [2.05, 4.69) is 52.9 Å². The van der Waals surface area contributed by atoms with Crippen molar-refractivity contribution in [3.05, 3.63) is 101 Å². The van der Waals surface area contributed by atoms with Crippen LogP contribution in [0.5, 0.6) is 23.0 Å². The monoisotopic (exact) mass is 736 g/mol. The summed E-state index contributed by atoms with van der Waals surface area (Å²) in [6.07, 6.45) is 6.61. The van der Waals surface area contributed by atoms with Crippen molar-refractivity contribution in [3.63, 3.8) is 0 Å². The summed E-state index contributed by atoms with van der Waals surface area (Å²) in [6, 6.07) is 22.7. The van der Waals surface area contributed by atoms with Gasteiger partial charge in [0, 0.05) is 68.4 Å². The van der Waals surface area contributed by atoms with E-state index in [1.165, 1.54) is 0 Å². The van der Waals surface area contributed by atoms with Crippen molar-refractivity contribution in [3.8, 4) is 35.1 Å². The Balaban J connectivity index is 0.000000248. The molecule has 1 aliphatic heterocycles. The lowest BCUT2D eigenvalue weighted by atomic mass is 10.1. The number of nitriles is 2. The molecule has 0 atom stereocenters. The third-order valence-corrected chi connectivity index (χ3v) is 8.15. The van der Waals surface area contributed by atoms with Crippen LogP contribution in [0.2, 0.25) is 0 Å². The molecule has 0 radical (unpaired) electrons. The van der Waals surface area contributed by atoms with Gasteiger partial charge < -0.3 is 34.0 Å². The first-order valence-electron chi connectivity index (χ1n) is 15.8. The Morgan fingerprint density at radius 3 is 1.88 bits per heavy atom. The zero-order valence-corrected chi connectivity index (χ0v) is 29.2. The Morgan fingerprint density at radius 1 is 0.800 bits per heavy atom. The molecular formula is C37H37BrN8O4. The molecule has 0 unspecified atom stereocenters. The number of pyridine rings is 2. The highest BCUT2D eigenvalue weighted by Crippen LogP contribution is 2.32. The highest BCUT2D eigenvalue weighted by Gasteiger charge is 2.26. The number of benzene rings is 2. The number of ether oxygens (including phenoxy) is 3. The predicted octanol–water partition coefficient (Wildman–Crippen LogP) is 8.77. The van der Waals surface area contributed by atoms with E-state index in [1.807, 2.05) is 69.6 Å². The van der Waals surface area contributed by atoms with Crippen LogP contribution in [0.1, 0.15) is 34.8 Å². The van der Waals surface area contributed by atoms with E-state index in [0.717, 1.165) is 32.2 Å². The maximum absolute atomic E-state index is 12.3. The Labute approximate surface area is 299 Å². The van der Waals surface area contributed by atoms with Crippen LogP contribution in [0.15, 0.2) is 89.9 Å². The number of nitrogens with zero attached hydrogens (tertiary/aromatic N) is 6. The van der Waals surface area contributed by atoms with Gasteiger partial charge in [-0.05, 0) is 75.4 Å². The normalized spacial score (nSPS) is 12.8. The topological polar surface area (TPSA) is 156 Å². The molecule has 1 fully saturated rings. The van der Waals surface area contributed by atoms with Crippen LogP contribution in [0, 0.1) is 22.7 Å². The molecule has 6 aromatic rings. The third kappa shape index (κ3) is 8.14. The molecule has 2 N–H and O–H groups in total. The third-order valence-electron chi connectivity index (χ3n) is 7.65. The van der Waals surface area contributed by atoms with Gasteiger partial charge in [0.2, 0.25) is 0 Å². The highest BCUT2D eigenvalue weighted by atomic mass is 79.9. The number of piperazine rings is 1. The number of amides is 1. The first-order valence-corrected chi connectivity index (χ1v) is 16.6. The number of aromatic nitrogens is 4. The van der Waals surface area contributed by atoms with Crippen molar-refractivity contribution >= 4 is 49.8 Å². The van der Waals surface area contributed by atoms with Crippen molar-refractivity contribution in [2.24, 2.45) is 0 Å². The molecule has 13 heteroatoms. The van der Waals surface area contributed by atoms with Gasteiger partial charge in [0.15, 0.2) is 0 Å². The van der Waals surface area contributed by atoms with E-state index in [-0.39, 0.29) is 8.95 Å². The van der Waals surface area contributed by atoms with Crippen LogP contribution in [0.4, 0.5) is 10.5 Å². The number of nitrogens with one attached hydrogen (secondary N) is 2. The second-order valence-corrected chi connectivity index (χ2v) is 13.3. The zero-order chi connectivity index (χ0) is 35.3. The van der Waals surface area contributed by atoms with Gasteiger partial charge in [0.05, 0.1) is 23.5 Å². The van der Waals surface area contributed by atoms with Crippen LogP contribution >= 0.6 is 15.9 Å². The van der Waals surface area contributed by atoms with Crippen molar-refractivity contribution in [2.75, 3.05) is 31.1 Å². The number of H-pyrrole nitrogens is 2. The van der Waals surface area contributed by atoms with E-state index in [4.69, 9.17) is 19.5 Å². The van der Waals surface area contributed by atoms with E-state index in [1.54, 1.807) is 41.6 Å². The van der Waals surface area contributed by atoms with Gasteiger partial charge in [-0.25, -0.2) is 14.8 Å². The lowest BCUT2D eigenvalue weighted by Crippen LogP contribution is -2.50. The highest BCUT2D eigenvalue weighted by molar-refractivity contribution is 9.10. The van der Waals surface area contributed by atoms with Crippen molar-refractivity contribution in [1.82, 2.24) is 24.8 Å². The molecule has 50 heavy (non-hydrogen) atoms. The molecule has 4 aromatic heterocycles. The van der Waals surface area contributed by atoms with E-state index in [0.29, 0.717) is 60.3 Å². The number of fused-ring (bicyclic) bond motifs is 2. The largest absolute Gasteiger partial charge is 0.454 e. The van der Waals surface area contributed by atoms with Crippen molar-refractivity contribution < 1.29 is 21.9 Å². The van der Waals surface area contributed by atoms with E-state index < -0.39 is 5.60 Å². The zero-order valence-electron chi connectivity index (χ0n) is 27.6. The molecule has 12 nitrogen and oxygen atoms in total. The Hall–Kier alpha value is -6.05. The average Bonchev–Trinajstić information content (AvgIpc) is 3.77. The van der Waals surface area contributed by atoms with Gasteiger partial charge in [-0.15, -0.1) is 0 Å². The summed E-state index contributed by atoms with van der Waals surface area (Å²) in [5.41, 5.74) is 2.95. The first kappa shape index (κ1) is 33.8. The van der Waals surface area contributed by atoms with Crippen LogP contribution < -0.4 is 14.4 Å². The molecule has 1 saturated heterocycles. The molecule has 0 spiro atoms. The number of hydrogen-bond donors (Lipinski definition) is 2. The van der Waals surface area contributed by atoms with Crippen molar-refractivity contribution in [1.29, 1.82) is 10.5 Å². The summed E-state index contributed by atoms with van der Waals surface area (Å²) >= 11 is 3.36. The summed E-state index contributed by atoms with van der Waals surface area (Å²) in [4.78, 5) is 30.8. The molecule has 5 heterocycles. The molecule has 0 aliphatic carbocycles. The van der Waals surface area contributed by atoms with Crippen LogP contribution in [-0.2, 0) is 4.74 Å². The summed E-state index contributed by atoms with van der Waals surface area (Å²) in [7, 11) is 0. The van der Waals surface area contributed by atoms with Crippen LogP contribution in [0.25, 0.3) is 22.1 Å². The number of carbonyl (C=O) groups excluding carboxylic acids is 1. The Morgan fingerprint density at radius 2 is 1.34 bits per heavy atom. The quantitative estimate of drug-likeness (QED) is 0.177. The second-order valence-electron chi connectivity index (χ2n) is 12.4. The maximum Gasteiger partial charge on any atom is 0.410 e. The minimum atomic E-state index is -0.508. The fraction of sp³-hybridized carbons (Fsp3) is 0.216. The summed E-state index contributed by atoms with van der Waals surface area (Å²) in [5.74, 6) is 2.15. The molecule has 2 aromatic carbocycles. The molecular weight excluding hydrogens is 700 g/mol. The molecule has 0 bridgehead atoms. The Bertz CT molecular complexity index is 2250. The smallest absolute Gasteiger partial charge is 0.410 e. The number of hydrogen-bond acceptors (Lipinski definition) is 9. The van der Waals surface area contributed by atoms with Gasteiger partial charge in [-0.2, -0.15) is 10.5 Å². The van der Waals surface area contributed by atoms with Crippen molar-refractivity contribution in [2.45, 2.75) is 26.4 Å². The fourth-order valence-corrected chi connectivity index (χ4v) is 5.58. The minimum Gasteiger partial charge on any atom is -0.454 e. The standard InChI is InChI=1S/C23H25N5O3.C14H8BrN3O.2H2/c1-23(2,3)31-22(29)28-10-8-27(9-11-28)18-5-4-17(14-24)20(13-18)30-19-12-16-6-7-25-21(16)26-15-19;15-11-2-1-10(7-16)13(6-11)19-12-5-9-3-4-17-14(9)18-8-12;;/h4-7,12-13,15H,8-11H2,1-3H3,(H,25,26);1-6,8H,(H,17,18);2*1H. The van der Waals surface area contributed by atoms with E-state index in [9.17, 15) is 10.1 Å². The van der Waals surface area contributed by atoms with Gasteiger partial charge in [-0.1, -0.05) is 15.9 Å². The molecule has 0 saturated carbocycles. The molecule has 7 rings (SSSR count). The number of halogens is 1. The van der Waals surface area contributed by atoms with Gasteiger partial charge >= 0.3 is 6.09 Å². The van der Waals surface area contributed by atoms with Crippen LogP contribution in [0.3, 0.4) is 0 Å². The Kier molecular flexibility index (Phi) is 9.88. The average molecular weight is 738 g/mol. The first-order chi connectivity index (χ1) is 24.1. The number of carbonyl (C=O) groups is 1. The number of anilines is 1. The number of aromatic amines is 2. The lowest BCUT2D eigenvalue weighted by molar-refractivity contribution is 0.0240. The summed E-state index contributed by atoms with van der Waals surface area (Å²) < 4.78 is 18.1. The van der Waals surface area contributed by atoms with E-state index >= 15 is 0 Å². The number of rotatable bonds is 5. The fourth-order valence-electron chi connectivity index (χ4n) is 5.24. The minimum absolute atomic E-state index is 0. The predicted molar refractivity (Wildman–Crippen MR) is 197 cm³/mol. The molecule has 1 amide bonds. The molecule has 256 valence electrons. The summed E-state index contributed by atoms with van der Waals surface area (Å²) in [6.45, 7) is 8.06.